The monoisotopic (exact) mass is 239 g/mol. The maximum atomic E-state index is 11.8. The van der Waals surface area contributed by atoms with Gasteiger partial charge in [0.15, 0.2) is 0 Å². The third-order valence-corrected chi connectivity index (χ3v) is 2.32. The fourth-order valence-corrected chi connectivity index (χ4v) is 1.44. The standard InChI is InChI=1S/C12H17NO4/c1-17-10-6-4-5-9(15)11(10)12(16)13-7-2-3-8-14/h4-6,14-15H,2-3,7-8H2,1H3,(H,13,16). The summed E-state index contributed by atoms with van der Waals surface area (Å²) in [5.41, 5.74) is 0.138. The van der Waals surface area contributed by atoms with Crippen molar-refractivity contribution in [3.05, 3.63) is 23.8 Å². The highest BCUT2D eigenvalue weighted by Crippen LogP contribution is 2.26. The summed E-state index contributed by atoms with van der Waals surface area (Å²) in [6, 6.07) is 4.66. The fourth-order valence-electron chi connectivity index (χ4n) is 1.44. The normalized spacial score (nSPS) is 10.0. The molecular formula is C12H17NO4. The molecule has 0 aliphatic carbocycles. The molecule has 5 heteroatoms. The van der Waals surface area contributed by atoms with Gasteiger partial charge >= 0.3 is 0 Å². The molecule has 1 aromatic carbocycles. The van der Waals surface area contributed by atoms with Crippen LogP contribution in [0.15, 0.2) is 18.2 Å². The molecule has 3 N–H and O–H groups in total. The van der Waals surface area contributed by atoms with Crippen LogP contribution in [-0.2, 0) is 0 Å². The van der Waals surface area contributed by atoms with Crippen LogP contribution < -0.4 is 10.1 Å². The third kappa shape index (κ3) is 3.64. The third-order valence-electron chi connectivity index (χ3n) is 2.32. The van der Waals surface area contributed by atoms with Crippen molar-refractivity contribution in [1.82, 2.24) is 5.32 Å². The molecule has 0 atom stereocenters. The van der Waals surface area contributed by atoms with Gasteiger partial charge in [0.25, 0.3) is 5.91 Å². The molecule has 0 aromatic heterocycles. The van der Waals surface area contributed by atoms with Crippen LogP contribution in [0.25, 0.3) is 0 Å². The number of rotatable bonds is 6. The highest BCUT2D eigenvalue weighted by Gasteiger charge is 2.16. The zero-order valence-electron chi connectivity index (χ0n) is 9.77. The Morgan fingerprint density at radius 2 is 2.18 bits per heavy atom. The molecule has 0 bridgehead atoms. The number of ether oxygens (including phenoxy) is 1. The van der Waals surface area contributed by atoms with Crippen LogP contribution in [0, 0.1) is 0 Å². The van der Waals surface area contributed by atoms with E-state index >= 15 is 0 Å². The molecule has 0 radical (unpaired) electrons. The van der Waals surface area contributed by atoms with E-state index in [-0.39, 0.29) is 23.8 Å². The van der Waals surface area contributed by atoms with E-state index in [2.05, 4.69) is 5.32 Å². The lowest BCUT2D eigenvalue weighted by molar-refractivity contribution is 0.0946. The summed E-state index contributed by atoms with van der Waals surface area (Å²) >= 11 is 0. The molecule has 1 aromatic rings. The number of carbonyl (C=O) groups is 1. The molecule has 0 aliphatic rings. The Morgan fingerprint density at radius 1 is 1.41 bits per heavy atom. The minimum atomic E-state index is -0.377. The van der Waals surface area contributed by atoms with Gasteiger partial charge < -0.3 is 20.3 Å². The van der Waals surface area contributed by atoms with Gasteiger partial charge in [0.1, 0.15) is 17.1 Å². The number of carbonyl (C=O) groups excluding carboxylic acids is 1. The van der Waals surface area contributed by atoms with Crippen LogP contribution in [0.1, 0.15) is 23.2 Å². The minimum Gasteiger partial charge on any atom is -0.507 e. The van der Waals surface area contributed by atoms with Gasteiger partial charge in [0, 0.05) is 13.2 Å². The predicted molar refractivity (Wildman–Crippen MR) is 63.3 cm³/mol. The Hall–Kier alpha value is -1.75. The second-order valence-corrected chi connectivity index (χ2v) is 3.54. The number of hydrogen-bond donors (Lipinski definition) is 3. The van der Waals surface area contributed by atoms with Gasteiger partial charge in [-0.2, -0.15) is 0 Å². The number of phenols is 1. The average molecular weight is 239 g/mol. The first-order valence-electron chi connectivity index (χ1n) is 5.45. The summed E-state index contributed by atoms with van der Waals surface area (Å²) in [5.74, 6) is -0.147. The Kier molecular flexibility index (Phi) is 5.29. The van der Waals surface area contributed by atoms with Crippen LogP contribution in [-0.4, -0.2) is 36.4 Å². The molecule has 0 fully saturated rings. The molecule has 94 valence electrons. The van der Waals surface area contributed by atoms with Crippen molar-refractivity contribution in [3.8, 4) is 11.5 Å². The van der Waals surface area contributed by atoms with Crippen molar-refractivity contribution >= 4 is 5.91 Å². The molecule has 1 amide bonds. The number of methoxy groups -OCH3 is 1. The number of aliphatic hydroxyl groups excluding tert-OH is 1. The predicted octanol–water partition coefficient (Wildman–Crippen LogP) is 0.903. The van der Waals surface area contributed by atoms with E-state index in [1.807, 2.05) is 0 Å². The van der Waals surface area contributed by atoms with Gasteiger partial charge in [-0.15, -0.1) is 0 Å². The zero-order valence-corrected chi connectivity index (χ0v) is 9.77. The topological polar surface area (TPSA) is 78.8 Å². The number of aliphatic hydroxyl groups is 1. The summed E-state index contributed by atoms with van der Waals surface area (Å²) in [6.45, 7) is 0.562. The largest absolute Gasteiger partial charge is 0.507 e. The van der Waals surface area contributed by atoms with E-state index < -0.39 is 0 Å². The molecule has 0 saturated carbocycles. The first-order valence-corrected chi connectivity index (χ1v) is 5.45. The van der Waals surface area contributed by atoms with E-state index in [9.17, 15) is 9.90 Å². The highest BCUT2D eigenvalue weighted by atomic mass is 16.5. The molecule has 0 saturated heterocycles. The molecule has 17 heavy (non-hydrogen) atoms. The SMILES string of the molecule is COc1cccc(O)c1C(=O)NCCCCO. The molecule has 0 aliphatic heterocycles. The lowest BCUT2D eigenvalue weighted by Crippen LogP contribution is -2.25. The number of unbranched alkanes of at least 4 members (excludes halogenated alkanes) is 1. The van der Waals surface area contributed by atoms with Gasteiger partial charge in [-0.25, -0.2) is 0 Å². The van der Waals surface area contributed by atoms with Crippen LogP contribution in [0.4, 0.5) is 0 Å². The van der Waals surface area contributed by atoms with E-state index in [4.69, 9.17) is 9.84 Å². The fraction of sp³-hybridized carbons (Fsp3) is 0.417. The van der Waals surface area contributed by atoms with Crippen LogP contribution in [0.3, 0.4) is 0 Å². The average Bonchev–Trinajstić information content (AvgIpc) is 2.34. The summed E-state index contributed by atoms with van der Waals surface area (Å²) in [7, 11) is 1.44. The van der Waals surface area contributed by atoms with Crippen LogP contribution in [0.2, 0.25) is 0 Å². The summed E-state index contributed by atoms with van der Waals surface area (Å²) in [4.78, 5) is 11.8. The Balaban J connectivity index is 2.68. The molecule has 0 unspecified atom stereocenters. The maximum absolute atomic E-state index is 11.8. The molecular weight excluding hydrogens is 222 g/mol. The second kappa shape index (κ2) is 6.75. The van der Waals surface area contributed by atoms with Crippen molar-refractivity contribution in [2.75, 3.05) is 20.3 Å². The first-order chi connectivity index (χ1) is 8.20. The summed E-state index contributed by atoms with van der Waals surface area (Å²) in [5, 5.41) is 20.9. The number of benzene rings is 1. The zero-order chi connectivity index (χ0) is 12.7. The molecule has 0 spiro atoms. The smallest absolute Gasteiger partial charge is 0.258 e. The Morgan fingerprint density at radius 3 is 2.82 bits per heavy atom. The van der Waals surface area contributed by atoms with Gasteiger partial charge in [0.2, 0.25) is 0 Å². The van der Waals surface area contributed by atoms with E-state index in [1.54, 1.807) is 12.1 Å². The quantitative estimate of drug-likeness (QED) is 0.644. The number of phenolic OH excluding ortho intramolecular Hbond substituents is 1. The Labute approximate surface area is 100 Å². The number of amides is 1. The van der Waals surface area contributed by atoms with Crippen molar-refractivity contribution in [3.63, 3.8) is 0 Å². The van der Waals surface area contributed by atoms with Crippen molar-refractivity contribution < 1.29 is 19.7 Å². The lowest BCUT2D eigenvalue weighted by Gasteiger charge is -2.10. The number of hydrogen-bond acceptors (Lipinski definition) is 4. The number of aromatic hydroxyl groups is 1. The van der Waals surface area contributed by atoms with Gasteiger partial charge in [0.05, 0.1) is 7.11 Å². The lowest BCUT2D eigenvalue weighted by atomic mass is 10.1. The summed E-state index contributed by atoms with van der Waals surface area (Å²) < 4.78 is 5.01. The van der Waals surface area contributed by atoms with Crippen LogP contribution in [0.5, 0.6) is 11.5 Å². The maximum Gasteiger partial charge on any atom is 0.258 e. The van der Waals surface area contributed by atoms with Crippen molar-refractivity contribution in [2.24, 2.45) is 0 Å². The van der Waals surface area contributed by atoms with E-state index in [0.29, 0.717) is 25.1 Å². The number of nitrogens with one attached hydrogen (secondary N) is 1. The molecule has 5 nitrogen and oxygen atoms in total. The van der Waals surface area contributed by atoms with Crippen LogP contribution >= 0.6 is 0 Å². The molecule has 1 rings (SSSR count). The minimum absolute atomic E-state index is 0.107. The second-order valence-electron chi connectivity index (χ2n) is 3.54. The van der Waals surface area contributed by atoms with Gasteiger partial charge in [-0.1, -0.05) is 6.07 Å². The first kappa shape index (κ1) is 13.3. The summed E-state index contributed by atoms with van der Waals surface area (Å²) in [6.07, 6.45) is 1.33. The highest BCUT2D eigenvalue weighted by molar-refractivity contribution is 5.99. The van der Waals surface area contributed by atoms with Crippen molar-refractivity contribution in [2.45, 2.75) is 12.8 Å². The van der Waals surface area contributed by atoms with Crippen molar-refractivity contribution in [1.29, 1.82) is 0 Å². The van der Waals surface area contributed by atoms with Gasteiger partial charge in [-0.3, -0.25) is 4.79 Å². The van der Waals surface area contributed by atoms with E-state index in [0.717, 1.165) is 0 Å². The molecule has 0 heterocycles. The van der Waals surface area contributed by atoms with E-state index in [1.165, 1.54) is 13.2 Å². The Bertz CT molecular complexity index is 379. The van der Waals surface area contributed by atoms with Gasteiger partial charge in [-0.05, 0) is 25.0 Å².